The average molecular weight is 464 g/mol. The summed E-state index contributed by atoms with van der Waals surface area (Å²) in [6.07, 6.45) is -9.07. The second-order valence-electron chi connectivity index (χ2n) is 7.37. The molecule has 0 heterocycles. The lowest BCUT2D eigenvalue weighted by Gasteiger charge is -2.41. The van der Waals surface area contributed by atoms with Gasteiger partial charge in [-0.1, -0.05) is 0 Å². The lowest BCUT2D eigenvalue weighted by atomic mass is 9.77. The van der Waals surface area contributed by atoms with Gasteiger partial charge in [-0.2, -0.15) is 0 Å². The molecule has 0 bridgehead atoms. The van der Waals surface area contributed by atoms with E-state index in [4.69, 9.17) is 5.73 Å². The molecule has 0 aliphatic heterocycles. The maximum absolute atomic E-state index is 12.4. The topological polar surface area (TPSA) is 183 Å². The Bertz CT molecular complexity index is 852. The van der Waals surface area contributed by atoms with E-state index in [1.54, 1.807) is 0 Å². The van der Waals surface area contributed by atoms with Gasteiger partial charge in [0, 0.05) is 18.5 Å². The van der Waals surface area contributed by atoms with Crippen LogP contribution in [0.25, 0.3) is 0 Å². The van der Waals surface area contributed by atoms with Crippen LogP contribution in [0.15, 0.2) is 24.3 Å². The second-order valence-corrected chi connectivity index (χ2v) is 7.37. The molecule has 4 amide bonds. The lowest BCUT2D eigenvalue weighted by Crippen LogP contribution is -2.64. The Hall–Kier alpha value is -3.10. The van der Waals surface area contributed by atoms with Crippen molar-refractivity contribution >= 4 is 23.5 Å². The van der Waals surface area contributed by atoms with Crippen LogP contribution in [0.2, 0.25) is 0 Å². The van der Waals surface area contributed by atoms with Crippen LogP contribution in [-0.4, -0.2) is 69.4 Å². The third-order valence-electron chi connectivity index (χ3n) is 4.77. The van der Waals surface area contributed by atoms with E-state index in [0.29, 0.717) is 0 Å². The molecule has 8 N–H and O–H groups in total. The molecule has 0 saturated heterocycles. The van der Waals surface area contributed by atoms with Gasteiger partial charge >= 0.3 is 12.4 Å². The van der Waals surface area contributed by atoms with E-state index < -0.39 is 72.7 Å². The highest BCUT2D eigenvalue weighted by Gasteiger charge is 2.49. The van der Waals surface area contributed by atoms with E-state index in [0.717, 1.165) is 24.3 Å². The molecule has 1 aliphatic carbocycles. The van der Waals surface area contributed by atoms with E-state index in [1.807, 2.05) is 0 Å². The molecule has 0 unspecified atom stereocenters. The van der Waals surface area contributed by atoms with Crippen molar-refractivity contribution in [2.75, 3.05) is 5.32 Å². The minimum atomic E-state index is -4.87. The number of primary amides is 1. The molecule has 5 atom stereocenters. The Morgan fingerprint density at radius 3 is 2.31 bits per heavy atom. The van der Waals surface area contributed by atoms with Gasteiger partial charge in [0.2, 0.25) is 5.91 Å². The number of aliphatic hydroxyl groups excluding tert-OH is 2. The number of rotatable bonds is 6. The molecule has 1 saturated carbocycles. The van der Waals surface area contributed by atoms with Crippen molar-refractivity contribution in [3.63, 3.8) is 0 Å². The molecule has 0 spiro atoms. The summed E-state index contributed by atoms with van der Waals surface area (Å²) in [6, 6.07) is 0.849. The molecule has 11 nitrogen and oxygen atoms in total. The van der Waals surface area contributed by atoms with Crippen LogP contribution >= 0.6 is 0 Å². The van der Waals surface area contributed by atoms with E-state index >= 15 is 0 Å². The normalized spacial score (nSPS) is 26.5. The summed E-state index contributed by atoms with van der Waals surface area (Å²) >= 11 is 0. The van der Waals surface area contributed by atoms with Crippen molar-refractivity contribution in [2.45, 2.75) is 56.0 Å². The first-order valence-corrected chi connectivity index (χ1v) is 9.32. The summed E-state index contributed by atoms with van der Waals surface area (Å²) in [5, 5.41) is 37.6. The van der Waals surface area contributed by atoms with Crippen molar-refractivity contribution in [3.05, 3.63) is 24.3 Å². The van der Waals surface area contributed by atoms with Crippen LogP contribution in [0.4, 0.5) is 23.7 Å². The van der Waals surface area contributed by atoms with Crippen molar-refractivity contribution in [2.24, 2.45) is 5.73 Å². The number of benzene rings is 1. The third-order valence-corrected chi connectivity index (χ3v) is 4.77. The number of anilines is 1. The molecule has 0 aromatic heterocycles. The maximum Gasteiger partial charge on any atom is 0.573 e. The summed E-state index contributed by atoms with van der Waals surface area (Å²) in [4.78, 5) is 35.7. The number of halogens is 3. The number of alkyl halides is 3. The SMILES string of the molecule is C[C@@H](NC(=O)[C@]1(O)C[C@@H](O)[C@H](O)[C@@H](NC(=O)Nc2ccc(OC(F)(F)F)cc2)C1)C(N)=O. The molecule has 178 valence electrons. The number of nitrogens with two attached hydrogens (primary N) is 1. The summed E-state index contributed by atoms with van der Waals surface area (Å²) in [5.41, 5.74) is 2.91. The molecule has 0 radical (unpaired) electrons. The average Bonchev–Trinajstić information content (AvgIpc) is 2.66. The van der Waals surface area contributed by atoms with Crippen LogP contribution < -0.4 is 26.4 Å². The number of amides is 4. The smallest absolute Gasteiger partial charge is 0.406 e. The highest BCUT2D eigenvalue weighted by Crippen LogP contribution is 2.30. The minimum Gasteiger partial charge on any atom is -0.406 e. The molecule has 2 rings (SSSR count). The van der Waals surface area contributed by atoms with Crippen molar-refractivity contribution in [1.82, 2.24) is 10.6 Å². The zero-order chi connectivity index (χ0) is 24.3. The molecular formula is C18H23F3N4O7. The number of hydrogen-bond acceptors (Lipinski definition) is 7. The van der Waals surface area contributed by atoms with Gasteiger partial charge in [0.05, 0.1) is 12.1 Å². The number of carbonyl (C=O) groups excluding carboxylic acids is 3. The van der Waals surface area contributed by atoms with Crippen molar-refractivity contribution in [1.29, 1.82) is 0 Å². The zero-order valence-electron chi connectivity index (χ0n) is 16.7. The van der Waals surface area contributed by atoms with Gasteiger partial charge in [0.25, 0.3) is 5.91 Å². The van der Waals surface area contributed by atoms with Crippen LogP contribution in [-0.2, 0) is 9.59 Å². The van der Waals surface area contributed by atoms with Crippen LogP contribution in [0, 0.1) is 0 Å². The van der Waals surface area contributed by atoms with Crippen molar-refractivity contribution < 1.29 is 47.6 Å². The Labute approximate surface area is 179 Å². The molecule has 14 heteroatoms. The molecule has 1 aromatic carbocycles. The number of aliphatic hydroxyl groups is 3. The first-order chi connectivity index (χ1) is 14.7. The summed E-state index contributed by atoms with van der Waals surface area (Å²) in [5.74, 6) is -2.39. The molecular weight excluding hydrogens is 441 g/mol. The lowest BCUT2D eigenvalue weighted by molar-refractivity contribution is -0.274. The molecule has 32 heavy (non-hydrogen) atoms. The fraction of sp³-hybridized carbons (Fsp3) is 0.500. The van der Waals surface area contributed by atoms with Gasteiger partial charge in [-0.3, -0.25) is 9.59 Å². The van der Waals surface area contributed by atoms with Gasteiger partial charge < -0.3 is 41.7 Å². The number of hydrogen-bond donors (Lipinski definition) is 7. The fourth-order valence-corrected chi connectivity index (χ4v) is 3.10. The fourth-order valence-electron chi connectivity index (χ4n) is 3.10. The quantitative estimate of drug-likeness (QED) is 0.291. The molecule has 1 fully saturated rings. The predicted molar refractivity (Wildman–Crippen MR) is 102 cm³/mol. The van der Waals surface area contributed by atoms with Gasteiger partial charge in [-0.15, -0.1) is 13.2 Å². The first-order valence-electron chi connectivity index (χ1n) is 9.32. The number of nitrogens with one attached hydrogen (secondary N) is 3. The molecule has 1 aromatic rings. The summed E-state index contributed by atoms with van der Waals surface area (Å²) in [7, 11) is 0. The number of ether oxygens (including phenoxy) is 1. The Morgan fingerprint density at radius 1 is 1.19 bits per heavy atom. The van der Waals surface area contributed by atoms with E-state index in [9.17, 15) is 42.9 Å². The minimum absolute atomic E-state index is 0.0751. The van der Waals surface area contributed by atoms with Crippen molar-refractivity contribution in [3.8, 4) is 5.75 Å². The van der Waals surface area contributed by atoms with Crippen LogP contribution in [0.5, 0.6) is 5.75 Å². The zero-order valence-corrected chi connectivity index (χ0v) is 16.7. The third kappa shape index (κ3) is 6.70. The maximum atomic E-state index is 12.4. The summed E-state index contributed by atoms with van der Waals surface area (Å²) in [6.45, 7) is 1.28. The van der Waals surface area contributed by atoms with E-state index in [-0.39, 0.29) is 5.69 Å². The first kappa shape index (κ1) is 25.2. The standard InChI is InChI=1S/C18H23F3N4O7/c1-8(14(22)28)23-15(29)17(31)6-11(13(27)12(26)7-17)25-16(30)24-9-2-4-10(5-3-9)32-18(19,20)21/h2-5,8,11-13,26-27,31H,6-7H2,1H3,(H2,22,28)(H,23,29)(H2,24,25,30)/t8-,11+,12-,13-,17-/m1/s1. The monoisotopic (exact) mass is 464 g/mol. The number of urea groups is 1. The Kier molecular flexibility index (Phi) is 7.54. The second kappa shape index (κ2) is 9.58. The Balaban J connectivity index is 2.02. The largest absolute Gasteiger partial charge is 0.573 e. The van der Waals surface area contributed by atoms with Gasteiger partial charge in [-0.05, 0) is 31.2 Å². The van der Waals surface area contributed by atoms with Gasteiger partial charge in [0.15, 0.2) is 0 Å². The predicted octanol–water partition coefficient (Wildman–Crippen LogP) is -0.688. The highest BCUT2D eigenvalue weighted by atomic mass is 19.4. The Morgan fingerprint density at radius 2 is 1.78 bits per heavy atom. The highest BCUT2D eigenvalue weighted by molar-refractivity contribution is 5.91. The van der Waals surface area contributed by atoms with E-state index in [1.165, 1.54) is 6.92 Å². The van der Waals surface area contributed by atoms with Gasteiger partial charge in [0.1, 0.15) is 23.5 Å². The van der Waals surface area contributed by atoms with Crippen LogP contribution in [0.1, 0.15) is 19.8 Å². The molecule has 1 aliphatic rings. The van der Waals surface area contributed by atoms with Crippen LogP contribution in [0.3, 0.4) is 0 Å². The number of carbonyl (C=O) groups is 3. The van der Waals surface area contributed by atoms with Gasteiger partial charge in [-0.25, -0.2) is 4.79 Å². The summed E-state index contributed by atoms with van der Waals surface area (Å²) < 4.78 is 40.3. The van der Waals surface area contributed by atoms with E-state index in [2.05, 4.69) is 20.7 Å².